The van der Waals surface area contributed by atoms with Gasteiger partial charge >= 0.3 is 0 Å². The Kier molecular flexibility index (Phi) is 4.63. The summed E-state index contributed by atoms with van der Waals surface area (Å²) in [6.45, 7) is 2.92. The first-order valence-corrected chi connectivity index (χ1v) is 11.1. The van der Waals surface area contributed by atoms with E-state index in [1.165, 1.54) is 0 Å². The summed E-state index contributed by atoms with van der Waals surface area (Å²) in [6.07, 6.45) is 6.43. The van der Waals surface area contributed by atoms with Crippen LogP contribution in [0.2, 0.25) is 0 Å². The average molecular weight is 428 g/mol. The molecule has 3 aromatic heterocycles. The molecule has 2 fully saturated rings. The molecule has 1 saturated heterocycles. The van der Waals surface area contributed by atoms with E-state index in [1.54, 1.807) is 6.20 Å². The van der Waals surface area contributed by atoms with Crippen molar-refractivity contribution in [1.82, 2.24) is 25.0 Å². The quantitative estimate of drug-likeness (QED) is 0.524. The van der Waals surface area contributed by atoms with Crippen molar-refractivity contribution in [2.45, 2.75) is 25.2 Å². The third-order valence-corrected chi connectivity index (χ3v) is 6.35. The lowest BCUT2D eigenvalue weighted by atomic mass is 10.1. The molecule has 32 heavy (non-hydrogen) atoms. The van der Waals surface area contributed by atoms with Crippen molar-refractivity contribution in [2.24, 2.45) is 0 Å². The van der Waals surface area contributed by atoms with Gasteiger partial charge in [0.05, 0.1) is 6.42 Å². The highest BCUT2D eigenvalue weighted by molar-refractivity contribution is 5.89. The van der Waals surface area contributed by atoms with Crippen LogP contribution in [0.15, 0.2) is 53.3 Å². The van der Waals surface area contributed by atoms with E-state index < -0.39 is 0 Å². The first-order chi connectivity index (χ1) is 15.7. The summed E-state index contributed by atoms with van der Waals surface area (Å²) in [4.78, 5) is 29.4. The number of rotatable bonds is 5. The molecule has 4 aromatic rings. The number of aromatic amines is 1. The topological polar surface area (TPSA) is 91.2 Å². The van der Waals surface area contributed by atoms with Crippen LogP contribution < -0.4 is 4.90 Å². The highest BCUT2D eigenvalue weighted by atomic mass is 16.5. The summed E-state index contributed by atoms with van der Waals surface area (Å²) in [6, 6.07) is 12.1. The Morgan fingerprint density at radius 2 is 1.94 bits per heavy atom. The molecule has 1 N–H and O–H groups in total. The van der Waals surface area contributed by atoms with Crippen molar-refractivity contribution in [3.63, 3.8) is 0 Å². The van der Waals surface area contributed by atoms with Gasteiger partial charge < -0.3 is 19.3 Å². The van der Waals surface area contributed by atoms with Crippen molar-refractivity contribution in [3.05, 3.63) is 60.2 Å². The Bertz CT molecular complexity index is 1250. The molecular weight excluding hydrogens is 404 g/mol. The summed E-state index contributed by atoms with van der Waals surface area (Å²) < 4.78 is 5.35. The Morgan fingerprint density at radius 3 is 2.72 bits per heavy atom. The summed E-state index contributed by atoms with van der Waals surface area (Å²) in [7, 11) is 0. The van der Waals surface area contributed by atoms with Gasteiger partial charge in [-0.15, -0.1) is 0 Å². The fourth-order valence-corrected chi connectivity index (χ4v) is 4.29. The smallest absolute Gasteiger partial charge is 0.230 e. The molecule has 6 rings (SSSR count). The molecule has 0 radical (unpaired) electrons. The lowest BCUT2D eigenvalue weighted by Gasteiger charge is -2.35. The number of hydrogen-bond acceptors (Lipinski definition) is 6. The number of hydrogen-bond donors (Lipinski definition) is 1. The average Bonchev–Trinajstić information content (AvgIpc) is 3.44. The van der Waals surface area contributed by atoms with Crippen LogP contribution in [0.4, 0.5) is 5.82 Å². The maximum absolute atomic E-state index is 12.9. The number of para-hydroxylation sites is 1. The summed E-state index contributed by atoms with van der Waals surface area (Å²) in [5, 5.41) is 5.20. The van der Waals surface area contributed by atoms with Crippen molar-refractivity contribution in [1.29, 1.82) is 0 Å². The van der Waals surface area contributed by atoms with E-state index in [0.29, 0.717) is 31.3 Å². The number of anilines is 1. The standard InChI is InChI=1S/C24H24N6O2/c31-22(13-18-15-25-20-4-2-1-3-19(18)20)30-11-9-29(10-12-30)21-8-7-17(14-26-21)23-27-24(32-28-23)16-5-6-16/h1-4,7-8,14-16,25H,5-6,9-13H2. The van der Waals surface area contributed by atoms with Crippen LogP contribution in [-0.4, -0.2) is 57.1 Å². The first kappa shape index (κ1) is 19.0. The number of fused-ring (bicyclic) bond motifs is 1. The van der Waals surface area contributed by atoms with Gasteiger partial charge in [-0.25, -0.2) is 4.98 Å². The molecule has 8 heteroatoms. The lowest BCUT2D eigenvalue weighted by Crippen LogP contribution is -2.49. The summed E-state index contributed by atoms with van der Waals surface area (Å²) in [5.74, 6) is 2.85. The van der Waals surface area contributed by atoms with Gasteiger partial charge in [0.15, 0.2) is 0 Å². The molecule has 1 amide bonds. The predicted octanol–water partition coefficient (Wildman–Crippen LogP) is 3.38. The second kappa shape index (κ2) is 7.78. The van der Waals surface area contributed by atoms with E-state index in [9.17, 15) is 4.79 Å². The van der Waals surface area contributed by atoms with Gasteiger partial charge in [0.25, 0.3) is 0 Å². The highest BCUT2D eigenvalue weighted by Gasteiger charge is 2.30. The molecule has 1 aliphatic heterocycles. The van der Waals surface area contributed by atoms with Gasteiger partial charge in [-0.3, -0.25) is 4.79 Å². The molecule has 8 nitrogen and oxygen atoms in total. The molecule has 1 saturated carbocycles. The predicted molar refractivity (Wildman–Crippen MR) is 120 cm³/mol. The van der Waals surface area contributed by atoms with Crippen LogP contribution in [-0.2, 0) is 11.2 Å². The van der Waals surface area contributed by atoms with E-state index >= 15 is 0 Å². The normalized spacial score (nSPS) is 16.6. The van der Waals surface area contributed by atoms with Crippen LogP contribution in [0, 0.1) is 0 Å². The summed E-state index contributed by atoms with van der Waals surface area (Å²) >= 11 is 0. The molecule has 162 valence electrons. The number of nitrogens with one attached hydrogen (secondary N) is 1. The molecule has 0 unspecified atom stereocenters. The van der Waals surface area contributed by atoms with Gasteiger partial charge in [0, 0.05) is 61.0 Å². The zero-order chi connectivity index (χ0) is 21.5. The van der Waals surface area contributed by atoms with Crippen LogP contribution in [0.25, 0.3) is 22.3 Å². The first-order valence-electron chi connectivity index (χ1n) is 11.1. The summed E-state index contributed by atoms with van der Waals surface area (Å²) in [5.41, 5.74) is 2.98. The Morgan fingerprint density at radius 1 is 1.09 bits per heavy atom. The van der Waals surface area contributed by atoms with Gasteiger partial charge in [-0.1, -0.05) is 23.4 Å². The van der Waals surface area contributed by atoms with Gasteiger partial charge in [0.2, 0.25) is 17.6 Å². The molecule has 4 heterocycles. The Balaban J connectivity index is 1.07. The number of nitrogens with zero attached hydrogens (tertiary/aromatic N) is 5. The minimum atomic E-state index is 0.168. The zero-order valence-electron chi connectivity index (χ0n) is 17.7. The number of aromatic nitrogens is 4. The Labute approximate surface area is 185 Å². The monoisotopic (exact) mass is 428 g/mol. The van der Waals surface area contributed by atoms with Crippen LogP contribution in [0.1, 0.15) is 30.2 Å². The van der Waals surface area contributed by atoms with Crippen molar-refractivity contribution >= 4 is 22.6 Å². The molecule has 0 atom stereocenters. The maximum Gasteiger partial charge on any atom is 0.230 e. The SMILES string of the molecule is O=C(Cc1c[nH]c2ccccc12)N1CCN(c2ccc(-c3noc(C4CC4)n3)cn2)CC1. The van der Waals surface area contributed by atoms with Crippen LogP contribution >= 0.6 is 0 Å². The molecule has 0 spiro atoms. The minimum Gasteiger partial charge on any atom is -0.361 e. The number of benzene rings is 1. The van der Waals surface area contributed by atoms with Crippen LogP contribution in [0.5, 0.6) is 0 Å². The second-order valence-electron chi connectivity index (χ2n) is 8.54. The van der Waals surface area contributed by atoms with E-state index in [0.717, 1.165) is 59.7 Å². The maximum atomic E-state index is 12.9. The highest BCUT2D eigenvalue weighted by Crippen LogP contribution is 2.39. The molecule has 1 aliphatic carbocycles. The van der Waals surface area contributed by atoms with Gasteiger partial charge in [-0.05, 0) is 36.6 Å². The fraction of sp³-hybridized carbons (Fsp3) is 0.333. The third-order valence-electron chi connectivity index (χ3n) is 6.35. The van der Waals surface area contributed by atoms with Crippen molar-refractivity contribution < 1.29 is 9.32 Å². The van der Waals surface area contributed by atoms with Gasteiger partial charge in [-0.2, -0.15) is 4.98 Å². The number of carbonyl (C=O) groups is 1. The largest absolute Gasteiger partial charge is 0.361 e. The van der Waals surface area contributed by atoms with Crippen LogP contribution in [0.3, 0.4) is 0 Å². The number of H-pyrrole nitrogens is 1. The zero-order valence-corrected chi connectivity index (χ0v) is 17.7. The third kappa shape index (κ3) is 3.62. The number of pyridine rings is 1. The number of amides is 1. The molecule has 0 bridgehead atoms. The van der Waals surface area contributed by atoms with E-state index in [1.807, 2.05) is 41.4 Å². The van der Waals surface area contributed by atoms with Crippen molar-refractivity contribution in [2.75, 3.05) is 31.1 Å². The number of carbonyl (C=O) groups excluding carboxylic acids is 1. The van der Waals surface area contributed by atoms with E-state index in [4.69, 9.17) is 4.52 Å². The van der Waals surface area contributed by atoms with Gasteiger partial charge in [0.1, 0.15) is 5.82 Å². The molecule has 2 aliphatic rings. The molecule has 1 aromatic carbocycles. The lowest BCUT2D eigenvalue weighted by molar-refractivity contribution is -0.130. The minimum absolute atomic E-state index is 0.168. The van der Waals surface area contributed by atoms with E-state index in [2.05, 4.69) is 31.1 Å². The Hall–Kier alpha value is -3.68. The van der Waals surface area contributed by atoms with E-state index in [-0.39, 0.29) is 5.91 Å². The second-order valence-corrected chi connectivity index (χ2v) is 8.54. The molecular formula is C24H24N6O2. The fourth-order valence-electron chi connectivity index (χ4n) is 4.29. The van der Waals surface area contributed by atoms with Crippen molar-refractivity contribution in [3.8, 4) is 11.4 Å². The number of piperazine rings is 1.